The summed E-state index contributed by atoms with van der Waals surface area (Å²) in [6.07, 6.45) is 0. The maximum absolute atomic E-state index is 8.74. The van der Waals surface area contributed by atoms with E-state index in [1.54, 1.807) is 0 Å². The van der Waals surface area contributed by atoms with Crippen LogP contribution in [0.15, 0.2) is 0 Å². The van der Waals surface area contributed by atoms with Crippen molar-refractivity contribution in [2.24, 2.45) is 0 Å². The topological polar surface area (TPSA) is 98.4 Å². The molecule has 2 N–H and O–H groups in total. The molecule has 0 saturated carbocycles. The van der Waals surface area contributed by atoms with E-state index in [-0.39, 0.29) is 17.1 Å². The molecule has 0 atom stereocenters. The summed E-state index contributed by atoms with van der Waals surface area (Å²) >= 11 is 0. The molecule has 0 aliphatic heterocycles. The van der Waals surface area contributed by atoms with Gasteiger partial charge in [0.15, 0.2) is 0 Å². The van der Waals surface area contributed by atoms with Crippen molar-refractivity contribution in [3.05, 3.63) is 0 Å². The Kier molecular flexibility index (Phi) is 13.5. The molecule has 0 aliphatic rings. The van der Waals surface area contributed by atoms with Crippen LogP contribution in [0.4, 0.5) is 0 Å². The molecule has 0 aromatic rings. The SMILES string of the molecule is C#N.O=S(=O)(O)O.[Fe]. The first-order valence-electron chi connectivity index (χ1n) is 0.957. The van der Waals surface area contributed by atoms with Gasteiger partial charge in [0.1, 0.15) is 0 Å². The van der Waals surface area contributed by atoms with E-state index in [2.05, 4.69) is 6.57 Å². The predicted molar refractivity (Wildman–Crippen MR) is 20.8 cm³/mol. The Labute approximate surface area is 57.4 Å². The number of hydrogen-bond acceptors (Lipinski definition) is 3. The third-order valence-electron chi connectivity index (χ3n) is 0. The van der Waals surface area contributed by atoms with Crippen molar-refractivity contribution in [1.29, 1.82) is 5.26 Å². The summed E-state index contributed by atoms with van der Waals surface area (Å²) in [7, 11) is -4.67. The van der Waals surface area contributed by atoms with E-state index in [0.717, 1.165) is 0 Å². The molecule has 0 saturated heterocycles. The van der Waals surface area contributed by atoms with Gasteiger partial charge in [0.2, 0.25) is 0 Å². The van der Waals surface area contributed by atoms with E-state index < -0.39 is 10.4 Å². The zero-order chi connectivity index (χ0) is 6.50. The van der Waals surface area contributed by atoms with Gasteiger partial charge in [-0.25, -0.2) is 5.26 Å². The van der Waals surface area contributed by atoms with Gasteiger partial charge in [0.05, 0.1) is 0 Å². The van der Waals surface area contributed by atoms with Crippen LogP contribution in [0.2, 0.25) is 0 Å². The maximum atomic E-state index is 8.74. The van der Waals surface area contributed by atoms with E-state index in [1.807, 2.05) is 0 Å². The average molecular weight is 181 g/mol. The van der Waals surface area contributed by atoms with Crippen molar-refractivity contribution in [2.75, 3.05) is 0 Å². The van der Waals surface area contributed by atoms with Crippen molar-refractivity contribution < 1.29 is 34.6 Å². The monoisotopic (exact) mass is 181 g/mol. The van der Waals surface area contributed by atoms with Crippen LogP contribution in [0.3, 0.4) is 0 Å². The zero-order valence-electron chi connectivity index (χ0n) is 3.50. The molecule has 50 valence electrons. The number of nitrogens with zero attached hydrogens (tertiary/aromatic N) is 1. The summed E-state index contributed by atoms with van der Waals surface area (Å²) < 4.78 is 31.6. The summed E-state index contributed by atoms with van der Waals surface area (Å²) in [5, 5.41) is 6.50. The third-order valence-corrected chi connectivity index (χ3v) is 0. The molecule has 0 bridgehead atoms. The molecule has 7 heteroatoms. The summed E-state index contributed by atoms with van der Waals surface area (Å²) in [5.41, 5.74) is 0. The number of hydrogen-bond donors (Lipinski definition) is 2. The van der Waals surface area contributed by atoms with Crippen molar-refractivity contribution >= 4 is 10.4 Å². The van der Waals surface area contributed by atoms with Gasteiger partial charge in [-0.15, -0.1) is 0 Å². The van der Waals surface area contributed by atoms with Crippen molar-refractivity contribution in [1.82, 2.24) is 0 Å². The Morgan fingerprint density at radius 3 is 1.25 bits per heavy atom. The van der Waals surface area contributed by atoms with Crippen LogP contribution in [0.25, 0.3) is 0 Å². The molecule has 0 heterocycles. The van der Waals surface area contributed by atoms with Crippen LogP contribution in [0, 0.1) is 11.8 Å². The Morgan fingerprint density at radius 2 is 1.25 bits per heavy atom. The van der Waals surface area contributed by atoms with Gasteiger partial charge in [-0.05, 0) is 0 Å². The fourth-order valence-corrected chi connectivity index (χ4v) is 0. The Bertz CT molecular complexity index is 127. The summed E-state index contributed by atoms with van der Waals surface area (Å²) in [4.78, 5) is 0. The standard InChI is InChI=1S/CHN.Fe.H2O4S/c1-2;;1-5(2,3)4/h1H;;(H2,1,2,3,4). The van der Waals surface area contributed by atoms with Gasteiger partial charge in [-0.3, -0.25) is 9.11 Å². The predicted octanol–water partition coefficient (Wildman–Crippen LogP) is -0.516. The molecule has 0 aromatic carbocycles. The average Bonchev–Trinajstić information content (AvgIpc) is 1.36. The van der Waals surface area contributed by atoms with Gasteiger partial charge in [0, 0.05) is 23.6 Å². The van der Waals surface area contributed by atoms with Crippen molar-refractivity contribution in [2.45, 2.75) is 0 Å². The normalized spacial score (nSPS) is 7.50. The van der Waals surface area contributed by atoms with Gasteiger partial charge in [0.25, 0.3) is 0 Å². The summed E-state index contributed by atoms with van der Waals surface area (Å²) in [6.45, 7) is 3.50. The molecule has 0 spiro atoms. The van der Waals surface area contributed by atoms with Crippen LogP contribution >= 0.6 is 0 Å². The smallest absolute Gasteiger partial charge is 0.264 e. The number of rotatable bonds is 0. The molecule has 0 aliphatic carbocycles. The van der Waals surface area contributed by atoms with Crippen LogP contribution in [0.1, 0.15) is 0 Å². The van der Waals surface area contributed by atoms with E-state index in [0.29, 0.717) is 0 Å². The van der Waals surface area contributed by atoms with E-state index in [9.17, 15) is 0 Å². The van der Waals surface area contributed by atoms with Gasteiger partial charge in [-0.2, -0.15) is 8.42 Å². The molecular weight excluding hydrogens is 178 g/mol. The molecule has 0 unspecified atom stereocenters. The Balaban J connectivity index is -0.0000000750. The van der Waals surface area contributed by atoms with Gasteiger partial charge < -0.3 is 0 Å². The maximum Gasteiger partial charge on any atom is 0.394 e. The van der Waals surface area contributed by atoms with Crippen molar-refractivity contribution in [3.63, 3.8) is 0 Å². The molecule has 8 heavy (non-hydrogen) atoms. The Hall–Kier alpha value is -0.121. The zero-order valence-corrected chi connectivity index (χ0v) is 5.42. The Morgan fingerprint density at radius 1 is 1.25 bits per heavy atom. The van der Waals surface area contributed by atoms with E-state index in [1.165, 1.54) is 0 Å². The largest absolute Gasteiger partial charge is 0.394 e. The van der Waals surface area contributed by atoms with Crippen LogP contribution in [-0.4, -0.2) is 17.5 Å². The second kappa shape index (κ2) is 6.88. The second-order valence-corrected chi connectivity index (χ2v) is 1.34. The minimum atomic E-state index is -4.67. The molecule has 0 rings (SSSR count). The second-order valence-electron chi connectivity index (χ2n) is 0.448. The minimum Gasteiger partial charge on any atom is -0.264 e. The minimum absolute atomic E-state index is 0. The molecule has 0 radical (unpaired) electrons. The molecular formula is CH3FeNO4S. The third kappa shape index (κ3) is 9640. The van der Waals surface area contributed by atoms with Gasteiger partial charge >= 0.3 is 10.4 Å². The summed E-state index contributed by atoms with van der Waals surface area (Å²) in [6, 6.07) is 0. The molecule has 0 amide bonds. The van der Waals surface area contributed by atoms with E-state index in [4.69, 9.17) is 22.8 Å². The fraction of sp³-hybridized carbons (Fsp3) is 0. The molecule has 0 fully saturated rings. The number of nitriles is 1. The first kappa shape index (κ1) is 15.7. The summed E-state index contributed by atoms with van der Waals surface area (Å²) in [5.74, 6) is 0. The molecule has 5 nitrogen and oxygen atoms in total. The van der Waals surface area contributed by atoms with Crippen LogP contribution in [0.5, 0.6) is 0 Å². The molecule has 0 aromatic heterocycles. The van der Waals surface area contributed by atoms with Crippen LogP contribution < -0.4 is 0 Å². The van der Waals surface area contributed by atoms with E-state index >= 15 is 0 Å². The quantitative estimate of drug-likeness (QED) is 0.387. The first-order valence-corrected chi connectivity index (χ1v) is 2.35. The van der Waals surface area contributed by atoms with Gasteiger partial charge in [-0.1, -0.05) is 0 Å². The van der Waals surface area contributed by atoms with Crippen molar-refractivity contribution in [3.8, 4) is 6.57 Å². The van der Waals surface area contributed by atoms with Crippen LogP contribution in [-0.2, 0) is 27.5 Å². The first-order chi connectivity index (χ1) is 3.00. The fourth-order valence-electron chi connectivity index (χ4n) is 0.